The standard InChI is InChI=1S/C17H23NO7S/c1-17(2,7-5-16(20)21)18-15(19)6-10-26(22,23)12-3-4-13-14(11-12)25-9-8-24-13/h3-4,11H,5-10H2,1-2H3,(H,18,19)(H,20,21). The normalized spacial score (nSPS) is 13.9. The van der Waals surface area contributed by atoms with E-state index in [-0.39, 0.29) is 29.9 Å². The summed E-state index contributed by atoms with van der Waals surface area (Å²) in [6.07, 6.45) is -0.0426. The molecule has 0 saturated heterocycles. The van der Waals surface area contributed by atoms with Gasteiger partial charge in [-0.05, 0) is 32.4 Å². The van der Waals surface area contributed by atoms with Gasteiger partial charge >= 0.3 is 5.97 Å². The zero-order chi connectivity index (χ0) is 19.4. The molecule has 1 aliphatic heterocycles. The maximum Gasteiger partial charge on any atom is 0.303 e. The molecule has 0 spiro atoms. The van der Waals surface area contributed by atoms with Gasteiger partial charge in [0, 0.05) is 24.4 Å². The summed E-state index contributed by atoms with van der Waals surface area (Å²) in [4.78, 5) is 22.8. The van der Waals surface area contributed by atoms with Crippen molar-refractivity contribution < 1.29 is 32.6 Å². The van der Waals surface area contributed by atoms with Crippen LogP contribution in [0.3, 0.4) is 0 Å². The molecule has 1 aromatic carbocycles. The number of ether oxygens (including phenoxy) is 2. The van der Waals surface area contributed by atoms with E-state index in [9.17, 15) is 18.0 Å². The lowest BCUT2D eigenvalue weighted by Crippen LogP contribution is -2.44. The van der Waals surface area contributed by atoms with Crippen LogP contribution in [0.25, 0.3) is 0 Å². The smallest absolute Gasteiger partial charge is 0.303 e. The number of carbonyl (C=O) groups is 2. The van der Waals surface area contributed by atoms with Crippen molar-refractivity contribution in [2.75, 3.05) is 19.0 Å². The number of hydrogen-bond donors (Lipinski definition) is 2. The van der Waals surface area contributed by atoms with Crippen LogP contribution in [0.1, 0.15) is 33.1 Å². The first-order valence-corrected chi connectivity index (χ1v) is 9.89. The Bertz CT molecular complexity index is 786. The van der Waals surface area contributed by atoms with Gasteiger partial charge in [0.1, 0.15) is 13.2 Å². The van der Waals surface area contributed by atoms with E-state index in [0.717, 1.165) is 0 Å². The molecule has 1 aromatic rings. The van der Waals surface area contributed by atoms with Gasteiger partial charge in [0.05, 0.1) is 10.6 Å². The summed E-state index contributed by atoms with van der Waals surface area (Å²) in [5, 5.41) is 11.4. The lowest BCUT2D eigenvalue weighted by Gasteiger charge is -2.25. The van der Waals surface area contributed by atoms with E-state index >= 15 is 0 Å². The zero-order valence-electron chi connectivity index (χ0n) is 14.8. The van der Waals surface area contributed by atoms with Gasteiger partial charge in [-0.1, -0.05) is 0 Å². The Morgan fingerprint density at radius 3 is 2.46 bits per heavy atom. The average molecular weight is 385 g/mol. The van der Waals surface area contributed by atoms with Crippen LogP contribution in [0.2, 0.25) is 0 Å². The van der Waals surface area contributed by atoms with E-state index in [2.05, 4.69) is 5.32 Å². The van der Waals surface area contributed by atoms with Gasteiger partial charge < -0.3 is 19.9 Å². The minimum atomic E-state index is -3.66. The van der Waals surface area contributed by atoms with Gasteiger partial charge in [-0.3, -0.25) is 9.59 Å². The highest BCUT2D eigenvalue weighted by atomic mass is 32.2. The fourth-order valence-corrected chi connectivity index (χ4v) is 3.74. The average Bonchev–Trinajstić information content (AvgIpc) is 2.58. The molecule has 0 saturated carbocycles. The quantitative estimate of drug-likeness (QED) is 0.694. The first kappa shape index (κ1) is 20.0. The lowest BCUT2D eigenvalue weighted by molar-refractivity contribution is -0.137. The number of benzene rings is 1. The van der Waals surface area contributed by atoms with Crippen molar-refractivity contribution >= 4 is 21.7 Å². The van der Waals surface area contributed by atoms with Crippen molar-refractivity contribution in [1.29, 1.82) is 0 Å². The van der Waals surface area contributed by atoms with Gasteiger partial charge in [0.2, 0.25) is 5.91 Å². The molecule has 0 bridgehead atoms. The molecule has 9 heteroatoms. The van der Waals surface area contributed by atoms with Crippen molar-refractivity contribution in [3.8, 4) is 11.5 Å². The number of rotatable bonds is 8. The Morgan fingerprint density at radius 1 is 1.15 bits per heavy atom. The Kier molecular flexibility index (Phi) is 6.12. The molecular formula is C17H23NO7S. The van der Waals surface area contributed by atoms with Crippen LogP contribution in [0.15, 0.2) is 23.1 Å². The third-order valence-electron chi connectivity index (χ3n) is 3.91. The van der Waals surface area contributed by atoms with Gasteiger partial charge in [0.15, 0.2) is 21.3 Å². The highest BCUT2D eigenvalue weighted by molar-refractivity contribution is 7.91. The van der Waals surface area contributed by atoms with E-state index in [1.165, 1.54) is 18.2 Å². The fraction of sp³-hybridized carbons (Fsp3) is 0.529. The predicted octanol–water partition coefficient (Wildman–Crippen LogP) is 1.38. The zero-order valence-corrected chi connectivity index (χ0v) is 15.6. The molecule has 0 unspecified atom stereocenters. The molecule has 0 fully saturated rings. The number of fused-ring (bicyclic) bond motifs is 1. The number of sulfone groups is 1. The lowest BCUT2D eigenvalue weighted by atomic mass is 9.98. The van der Waals surface area contributed by atoms with E-state index < -0.39 is 27.3 Å². The SMILES string of the molecule is CC(C)(CCC(=O)O)NC(=O)CCS(=O)(=O)c1ccc2c(c1)OCCO2. The molecular weight excluding hydrogens is 362 g/mol. The molecule has 1 aliphatic rings. The van der Waals surface area contributed by atoms with Crippen LogP contribution in [-0.4, -0.2) is 49.9 Å². The van der Waals surface area contributed by atoms with Gasteiger partial charge in [-0.2, -0.15) is 0 Å². The Balaban J connectivity index is 1.95. The van der Waals surface area contributed by atoms with Crippen LogP contribution in [-0.2, 0) is 19.4 Å². The van der Waals surface area contributed by atoms with Crippen molar-refractivity contribution in [3.05, 3.63) is 18.2 Å². The molecule has 144 valence electrons. The summed E-state index contributed by atoms with van der Waals surface area (Å²) >= 11 is 0. The molecule has 8 nitrogen and oxygen atoms in total. The van der Waals surface area contributed by atoms with Crippen LogP contribution in [0.5, 0.6) is 11.5 Å². The highest BCUT2D eigenvalue weighted by Gasteiger charge is 2.24. The number of carboxylic acid groups (broad SMARTS) is 1. The van der Waals surface area contributed by atoms with Gasteiger partial charge in [-0.25, -0.2) is 8.42 Å². The largest absolute Gasteiger partial charge is 0.486 e. The molecule has 26 heavy (non-hydrogen) atoms. The monoisotopic (exact) mass is 385 g/mol. The molecule has 2 N–H and O–H groups in total. The van der Waals surface area contributed by atoms with Crippen molar-refractivity contribution in [1.82, 2.24) is 5.32 Å². The highest BCUT2D eigenvalue weighted by Crippen LogP contribution is 2.32. The summed E-state index contributed by atoms with van der Waals surface area (Å²) in [5.74, 6) is -0.882. The maximum absolute atomic E-state index is 12.4. The molecule has 1 heterocycles. The van der Waals surface area contributed by atoms with E-state index in [4.69, 9.17) is 14.6 Å². The number of hydrogen-bond acceptors (Lipinski definition) is 6. The number of aliphatic carboxylic acids is 1. The first-order valence-electron chi connectivity index (χ1n) is 8.24. The summed E-state index contributed by atoms with van der Waals surface area (Å²) in [6.45, 7) is 4.16. The minimum absolute atomic E-state index is 0.0692. The number of amides is 1. The summed E-state index contributed by atoms with van der Waals surface area (Å²) < 4.78 is 35.6. The van der Waals surface area contributed by atoms with E-state index in [1.54, 1.807) is 13.8 Å². The van der Waals surface area contributed by atoms with Crippen LogP contribution in [0, 0.1) is 0 Å². The maximum atomic E-state index is 12.4. The molecule has 0 aliphatic carbocycles. The Hall–Kier alpha value is -2.29. The van der Waals surface area contributed by atoms with Crippen LogP contribution >= 0.6 is 0 Å². The second-order valence-electron chi connectivity index (χ2n) is 6.70. The summed E-state index contributed by atoms with van der Waals surface area (Å²) in [6, 6.07) is 4.37. The van der Waals surface area contributed by atoms with Crippen LogP contribution in [0.4, 0.5) is 0 Å². The molecule has 2 rings (SSSR count). The summed E-state index contributed by atoms with van der Waals surface area (Å²) in [5.41, 5.74) is -0.726. The first-order chi connectivity index (χ1) is 12.1. The van der Waals surface area contributed by atoms with Crippen molar-refractivity contribution in [2.24, 2.45) is 0 Å². The minimum Gasteiger partial charge on any atom is -0.486 e. The Morgan fingerprint density at radius 2 is 1.81 bits per heavy atom. The third kappa shape index (κ3) is 5.62. The third-order valence-corrected chi connectivity index (χ3v) is 5.63. The Labute approximate surface area is 152 Å². The van der Waals surface area contributed by atoms with E-state index in [0.29, 0.717) is 24.7 Å². The second kappa shape index (κ2) is 7.94. The predicted molar refractivity (Wildman–Crippen MR) is 93.2 cm³/mol. The molecule has 0 atom stereocenters. The van der Waals surface area contributed by atoms with Crippen molar-refractivity contribution in [3.63, 3.8) is 0 Å². The topological polar surface area (TPSA) is 119 Å². The molecule has 1 amide bonds. The molecule has 0 aromatic heterocycles. The van der Waals surface area contributed by atoms with Gasteiger partial charge in [0.25, 0.3) is 0 Å². The van der Waals surface area contributed by atoms with E-state index in [1.807, 2.05) is 0 Å². The number of carboxylic acids is 1. The van der Waals surface area contributed by atoms with Crippen LogP contribution < -0.4 is 14.8 Å². The summed E-state index contributed by atoms with van der Waals surface area (Å²) in [7, 11) is -3.66. The number of nitrogens with one attached hydrogen (secondary N) is 1. The van der Waals surface area contributed by atoms with Crippen molar-refractivity contribution in [2.45, 2.75) is 43.5 Å². The fourth-order valence-electron chi connectivity index (χ4n) is 2.48. The van der Waals surface area contributed by atoms with Gasteiger partial charge in [-0.15, -0.1) is 0 Å². The molecule has 0 radical (unpaired) electrons. The number of carbonyl (C=O) groups excluding carboxylic acids is 1. The second-order valence-corrected chi connectivity index (χ2v) is 8.81.